The molecule has 2 unspecified atom stereocenters. The number of rotatable bonds is 8. The molecule has 1 aromatic carbocycles. The highest BCUT2D eigenvalue weighted by Crippen LogP contribution is 2.20. The third-order valence-electron chi connectivity index (χ3n) is 3.83. The Balaban J connectivity index is 0.00000312. The largest absolute Gasteiger partial charge is 0.334 e. The molecule has 0 fully saturated rings. The van der Waals surface area contributed by atoms with Crippen molar-refractivity contribution in [2.75, 3.05) is 7.05 Å². The van der Waals surface area contributed by atoms with E-state index in [9.17, 15) is 8.42 Å². The van der Waals surface area contributed by atoms with Crippen molar-refractivity contribution in [1.29, 1.82) is 0 Å². The molecule has 0 amide bonds. The highest BCUT2D eigenvalue weighted by Gasteiger charge is 2.17. The van der Waals surface area contributed by atoms with Gasteiger partial charge in [-0.05, 0) is 51.6 Å². The summed E-state index contributed by atoms with van der Waals surface area (Å²) >= 11 is 0. The van der Waals surface area contributed by atoms with Crippen molar-refractivity contribution < 1.29 is 12.9 Å². The highest BCUT2D eigenvalue weighted by atomic mass is 35.5. The lowest BCUT2D eigenvalue weighted by molar-refractivity contribution is 0.418. The predicted octanol–water partition coefficient (Wildman–Crippen LogP) is 2.39. The normalized spacial score (nSPS) is 13.9. The molecular weight excluding hydrogens is 364 g/mol. The third kappa shape index (κ3) is 5.78. The molecule has 0 spiro atoms. The van der Waals surface area contributed by atoms with Crippen LogP contribution < -0.4 is 10.0 Å². The molecule has 9 heteroatoms. The minimum Gasteiger partial charge on any atom is -0.334 e. The quantitative estimate of drug-likeness (QED) is 0.720. The van der Waals surface area contributed by atoms with Gasteiger partial charge in [0, 0.05) is 24.1 Å². The van der Waals surface area contributed by atoms with Crippen LogP contribution in [0.25, 0.3) is 11.5 Å². The molecule has 1 aromatic heterocycles. The first-order valence-electron chi connectivity index (χ1n) is 7.98. The van der Waals surface area contributed by atoms with Gasteiger partial charge in [-0.25, -0.2) is 13.1 Å². The van der Waals surface area contributed by atoms with Crippen LogP contribution >= 0.6 is 12.4 Å². The monoisotopic (exact) mass is 388 g/mol. The Hall–Kier alpha value is -1.48. The Bertz CT molecular complexity index is 762. The zero-order valence-corrected chi connectivity index (χ0v) is 16.4. The van der Waals surface area contributed by atoms with Gasteiger partial charge in [0.2, 0.25) is 10.0 Å². The first-order valence-corrected chi connectivity index (χ1v) is 9.46. The van der Waals surface area contributed by atoms with E-state index in [0.29, 0.717) is 23.7 Å². The molecule has 0 radical (unpaired) electrons. The summed E-state index contributed by atoms with van der Waals surface area (Å²) in [6, 6.07) is 6.56. The molecule has 2 rings (SSSR count). The minimum atomic E-state index is -3.51. The van der Waals surface area contributed by atoms with Gasteiger partial charge in [-0.15, -0.1) is 12.4 Å². The van der Waals surface area contributed by atoms with E-state index in [0.717, 1.165) is 6.42 Å². The van der Waals surface area contributed by atoms with Gasteiger partial charge in [-0.1, -0.05) is 12.1 Å². The van der Waals surface area contributed by atoms with E-state index in [4.69, 9.17) is 4.52 Å². The van der Waals surface area contributed by atoms with E-state index < -0.39 is 10.0 Å². The van der Waals surface area contributed by atoms with Gasteiger partial charge in [0.05, 0.1) is 4.90 Å². The van der Waals surface area contributed by atoms with E-state index in [-0.39, 0.29) is 29.4 Å². The van der Waals surface area contributed by atoms with Crippen molar-refractivity contribution in [3.05, 3.63) is 30.1 Å². The predicted molar refractivity (Wildman–Crippen MR) is 99.3 cm³/mol. The van der Waals surface area contributed by atoms with Gasteiger partial charge in [0.1, 0.15) is 0 Å². The van der Waals surface area contributed by atoms with Crippen LogP contribution in [0.4, 0.5) is 0 Å². The van der Waals surface area contributed by atoms with Gasteiger partial charge in [-0.3, -0.25) is 0 Å². The van der Waals surface area contributed by atoms with Crippen LogP contribution in [0.3, 0.4) is 0 Å². The van der Waals surface area contributed by atoms with Crippen molar-refractivity contribution >= 4 is 22.4 Å². The van der Waals surface area contributed by atoms with Crippen LogP contribution in [-0.4, -0.2) is 37.7 Å². The number of benzene rings is 1. The van der Waals surface area contributed by atoms with Gasteiger partial charge < -0.3 is 9.84 Å². The van der Waals surface area contributed by atoms with E-state index in [2.05, 4.69) is 20.2 Å². The zero-order chi connectivity index (χ0) is 17.7. The zero-order valence-electron chi connectivity index (χ0n) is 14.8. The number of hydrogen-bond acceptors (Lipinski definition) is 6. The van der Waals surface area contributed by atoms with E-state index in [1.165, 1.54) is 0 Å². The standard InChI is InChI=1S/C16H24N4O3S.ClH/c1-5-11(2)20-24(21,22)14-8-6-13(7-9-14)16-18-15(19-23-16)10-12(3)17-4;/h6-9,11-12,17,20H,5,10H2,1-4H3;1H. The average molecular weight is 389 g/mol. The topological polar surface area (TPSA) is 97.1 Å². The molecule has 7 nitrogen and oxygen atoms in total. The summed E-state index contributed by atoms with van der Waals surface area (Å²) in [5.74, 6) is 0.995. The number of sulfonamides is 1. The summed E-state index contributed by atoms with van der Waals surface area (Å²) in [5, 5.41) is 7.06. The number of hydrogen-bond donors (Lipinski definition) is 2. The Labute approximate surface area is 155 Å². The number of aromatic nitrogens is 2. The SMILES string of the molecule is CCC(C)NS(=O)(=O)c1ccc(-c2nc(CC(C)NC)no2)cc1.Cl. The number of likely N-dealkylation sites (N-methyl/N-ethyl adjacent to an activating group) is 1. The van der Waals surface area contributed by atoms with Crippen molar-refractivity contribution in [2.24, 2.45) is 0 Å². The van der Waals surface area contributed by atoms with Crippen LogP contribution in [0.15, 0.2) is 33.7 Å². The summed E-state index contributed by atoms with van der Waals surface area (Å²) in [6.45, 7) is 5.79. The van der Waals surface area contributed by atoms with Gasteiger partial charge in [0.15, 0.2) is 5.82 Å². The third-order valence-corrected chi connectivity index (χ3v) is 5.44. The molecule has 2 N–H and O–H groups in total. The lowest BCUT2D eigenvalue weighted by Gasteiger charge is -2.12. The summed E-state index contributed by atoms with van der Waals surface area (Å²) in [7, 11) is -1.64. The van der Waals surface area contributed by atoms with Crippen LogP contribution in [0, 0.1) is 0 Å². The summed E-state index contributed by atoms with van der Waals surface area (Å²) < 4.78 is 32.4. The highest BCUT2D eigenvalue weighted by molar-refractivity contribution is 7.89. The minimum absolute atomic E-state index is 0. The molecule has 0 aliphatic heterocycles. The Morgan fingerprint density at radius 1 is 1.16 bits per heavy atom. The molecule has 0 aliphatic rings. The van der Waals surface area contributed by atoms with E-state index in [1.807, 2.05) is 27.8 Å². The fourth-order valence-corrected chi connectivity index (χ4v) is 3.35. The first kappa shape index (κ1) is 21.6. The maximum atomic E-state index is 12.2. The molecule has 0 saturated carbocycles. The Morgan fingerprint density at radius 3 is 2.36 bits per heavy atom. The van der Waals surface area contributed by atoms with Crippen molar-refractivity contribution in [3.8, 4) is 11.5 Å². The van der Waals surface area contributed by atoms with E-state index in [1.54, 1.807) is 24.3 Å². The molecule has 2 atom stereocenters. The number of nitrogens with zero attached hydrogens (tertiary/aromatic N) is 2. The maximum absolute atomic E-state index is 12.2. The maximum Gasteiger partial charge on any atom is 0.257 e. The Kier molecular flexibility index (Phi) is 8.01. The van der Waals surface area contributed by atoms with Crippen LogP contribution in [0.2, 0.25) is 0 Å². The van der Waals surface area contributed by atoms with Crippen LogP contribution in [0.5, 0.6) is 0 Å². The van der Waals surface area contributed by atoms with Gasteiger partial charge in [-0.2, -0.15) is 4.98 Å². The van der Waals surface area contributed by atoms with Crippen molar-refractivity contribution in [1.82, 2.24) is 20.2 Å². The first-order chi connectivity index (χ1) is 11.4. The summed E-state index contributed by atoms with van der Waals surface area (Å²) in [6.07, 6.45) is 1.39. The molecule has 0 saturated heterocycles. The molecule has 0 aliphatic carbocycles. The Morgan fingerprint density at radius 2 is 1.80 bits per heavy atom. The summed E-state index contributed by atoms with van der Waals surface area (Å²) in [4.78, 5) is 4.56. The smallest absolute Gasteiger partial charge is 0.257 e. The molecule has 2 aromatic rings. The molecule has 25 heavy (non-hydrogen) atoms. The second-order valence-corrected chi connectivity index (χ2v) is 7.58. The van der Waals surface area contributed by atoms with Crippen LogP contribution in [-0.2, 0) is 16.4 Å². The second kappa shape index (κ2) is 9.28. The van der Waals surface area contributed by atoms with Gasteiger partial charge >= 0.3 is 0 Å². The fraction of sp³-hybridized carbons (Fsp3) is 0.500. The molecule has 0 bridgehead atoms. The molecule has 1 heterocycles. The summed E-state index contributed by atoms with van der Waals surface area (Å²) in [5.41, 5.74) is 0.688. The van der Waals surface area contributed by atoms with Crippen molar-refractivity contribution in [2.45, 2.75) is 50.6 Å². The molecule has 140 valence electrons. The number of halogens is 1. The lowest BCUT2D eigenvalue weighted by Crippen LogP contribution is -2.31. The van der Waals surface area contributed by atoms with Crippen molar-refractivity contribution in [3.63, 3.8) is 0 Å². The van der Waals surface area contributed by atoms with Crippen LogP contribution in [0.1, 0.15) is 33.0 Å². The van der Waals surface area contributed by atoms with Gasteiger partial charge in [0.25, 0.3) is 5.89 Å². The lowest BCUT2D eigenvalue weighted by atomic mass is 10.2. The number of nitrogens with one attached hydrogen (secondary N) is 2. The fourth-order valence-electron chi connectivity index (χ4n) is 2.02. The average Bonchev–Trinajstić information content (AvgIpc) is 3.02. The molecular formula is C16H25ClN4O3S. The second-order valence-electron chi connectivity index (χ2n) is 5.86. The van der Waals surface area contributed by atoms with E-state index >= 15 is 0 Å².